The van der Waals surface area contributed by atoms with Gasteiger partial charge in [0.25, 0.3) is 0 Å². The van der Waals surface area contributed by atoms with Crippen molar-refractivity contribution in [2.45, 2.75) is 17.4 Å². The molecule has 0 saturated carbocycles. The highest BCUT2D eigenvalue weighted by atomic mass is 35.5. The van der Waals surface area contributed by atoms with Gasteiger partial charge in [-0.15, -0.1) is 0 Å². The maximum atomic E-state index is 12.4. The molecule has 102 valence electrons. The highest BCUT2D eigenvalue weighted by Crippen LogP contribution is 2.28. The molecule has 0 radical (unpaired) electrons. The van der Waals surface area contributed by atoms with Crippen molar-refractivity contribution in [3.8, 4) is 6.07 Å². The van der Waals surface area contributed by atoms with Gasteiger partial charge in [-0.05, 0) is 24.6 Å². The van der Waals surface area contributed by atoms with Crippen LogP contribution in [-0.4, -0.2) is 39.0 Å². The molecule has 1 heterocycles. The van der Waals surface area contributed by atoms with E-state index in [1.54, 1.807) is 7.11 Å². The van der Waals surface area contributed by atoms with Gasteiger partial charge in [0.1, 0.15) is 4.90 Å². The maximum Gasteiger partial charge on any atom is 0.244 e. The summed E-state index contributed by atoms with van der Waals surface area (Å²) in [5.74, 6) is 0. The number of hydrogen-bond acceptors (Lipinski definition) is 4. The Morgan fingerprint density at radius 1 is 1.53 bits per heavy atom. The van der Waals surface area contributed by atoms with Crippen LogP contribution >= 0.6 is 11.6 Å². The van der Waals surface area contributed by atoms with Crippen molar-refractivity contribution >= 4 is 21.6 Å². The predicted octanol–water partition coefficient (Wildman–Crippen LogP) is 1.62. The van der Waals surface area contributed by atoms with E-state index in [4.69, 9.17) is 21.6 Å². The summed E-state index contributed by atoms with van der Waals surface area (Å²) in [6.45, 7) is 0.742. The van der Waals surface area contributed by atoms with Crippen LogP contribution in [0.15, 0.2) is 23.1 Å². The van der Waals surface area contributed by atoms with E-state index < -0.39 is 10.0 Å². The molecule has 1 unspecified atom stereocenters. The number of hydrogen-bond donors (Lipinski definition) is 0. The average molecular weight is 301 g/mol. The Morgan fingerprint density at radius 3 is 2.79 bits per heavy atom. The van der Waals surface area contributed by atoms with Crippen molar-refractivity contribution < 1.29 is 13.2 Å². The summed E-state index contributed by atoms with van der Waals surface area (Å²) in [6.07, 6.45) is 0.593. The van der Waals surface area contributed by atoms with Crippen LogP contribution < -0.4 is 0 Å². The lowest BCUT2D eigenvalue weighted by Gasteiger charge is -2.17. The molecule has 2 rings (SSSR count). The third kappa shape index (κ3) is 2.74. The van der Waals surface area contributed by atoms with Gasteiger partial charge in [0.15, 0.2) is 0 Å². The molecule has 1 fully saturated rings. The Balaban J connectivity index is 2.33. The summed E-state index contributed by atoms with van der Waals surface area (Å²) in [7, 11) is -2.06. The molecule has 19 heavy (non-hydrogen) atoms. The van der Waals surface area contributed by atoms with Crippen LogP contribution in [0.2, 0.25) is 5.02 Å². The summed E-state index contributed by atoms with van der Waals surface area (Å²) in [6, 6.07) is 6.10. The zero-order valence-electron chi connectivity index (χ0n) is 10.3. The lowest BCUT2D eigenvalue weighted by molar-refractivity contribution is 0.115. The van der Waals surface area contributed by atoms with Gasteiger partial charge >= 0.3 is 0 Å². The maximum absolute atomic E-state index is 12.4. The lowest BCUT2D eigenvalue weighted by Crippen LogP contribution is -2.30. The largest absolute Gasteiger partial charge is 0.380 e. The Hall–Kier alpha value is -1.13. The second kappa shape index (κ2) is 5.47. The molecule has 0 bridgehead atoms. The average Bonchev–Trinajstić information content (AvgIpc) is 2.87. The molecular weight excluding hydrogens is 288 g/mol. The first-order valence-corrected chi connectivity index (χ1v) is 7.53. The highest BCUT2D eigenvalue weighted by Gasteiger charge is 2.33. The third-order valence-corrected chi connectivity index (χ3v) is 5.47. The number of benzene rings is 1. The first-order valence-electron chi connectivity index (χ1n) is 5.71. The van der Waals surface area contributed by atoms with Crippen LogP contribution in [0.1, 0.15) is 12.0 Å². The molecule has 1 saturated heterocycles. The number of nitriles is 1. The van der Waals surface area contributed by atoms with Crippen LogP contribution in [0, 0.1) is 11.3 Å². The van der Waals surface area contributed by atoms with Crippen LogP contribution in [0.25, 0.3) is 0 Å². The Kier molecular flexibility index (Phi) is 4.11. The van der Waals surface area contributed by atoms with Gasteiger partial charge < -0.3 is 4.74 Å². The summed E-state index contributed by atoms with van der Waals surface area (Å²) < 4.78 is 31.4. The number of nitrogens with zero attached hydrogens (tertiary/aromatic N) is 2. The Bertz CT molecular complexity index is 624. The molecule has 5 nitrogen and oxygen atoms in total. The summed E-state index contributed by atoms with van der Waals surface area (Å²) in [5, 5.41) is 8.82. The highest BCUT2D eigenvalue weighted by molar-refractivity contribution is 7.89. The van der Waals surface area contributed by atoms with Crippen LogP contribution in [0.5, 0.6) is 0 Å². The summed E-state index contributed by atoms with van der Waals surface area (Å²) in [5.41, 5.74) is 0.333. The van der Waals surface area contributed by atoms with Gasteiger partial charge in [-0.2, -0.15) is 9.57 Å². The first-order chi connectivity index (χ1) is 8.98. The lowest BCUT2D eigenvalue weighted by atomic mass is 10.2. The molecule has 0 aromatic heterocycles. The van der Waals surface area contributed by atoms with Crippen molar-refractivity contribution in [1.29, 1.82) is 5.26 Å². The number of methoxy groups -OCH3 is 1. The summed E-state index contributed by atoms with van der Waals surface area (Å²) in [4.78, 5) is 0.0323. The fourth-order valence-corrected chi connectivity index (χ4v) is 4.03. The molecule has 0 amide bonds. The second-order valence-corrected chi connectivity index (χ2v) is 6.58. The van der Waals surface area contributed by atoms with E-state index >= 15 is 0 Å². The molecule has 0 spiro atoms. The second-order valence-electron chi connectivity index (χ2n) is 4.27. The van der Waals surface area contributed by atoms with Crippen molar-refractivity contribution in [3.63, 3.8) is 0 Å². The van der Waals surface area contributed by atoms with Gasteiger partial charge in [-0.3, -0.25) is 0 Å². The summed E-state index contributed by atoms with van der Waals surface area (Å²) >= 11 is 5.95. The normalized spacial score (nSPS) is 20.4. The molecule has 1 atom stereocenters. The van der Waals surface area contributed by atoms with E-state index in [-0.39, 0.29) is 16.0 Å². The van der Waals surface area contributed by atoms with Crippen molar-refractivity contribution in [1.82, 2.24) is 4.31 Å². The van der Waals surface area contributed by atoms with E-state index in [2.05, 4.69) is 0 Å². The fraction of sp³-hybridized carbons (Fsp3) is 0.417. The van der Waals surface area contributed by atoms with Crippen molar-refractivity contribution in [2.24, 2.45) is 0 Å². The quantitative estimate of drug-likeness (QED) is 0.850. The Labute approximate surface area is 117 Å². The van der Waals surface area contributed by atoms with Gasteiger partial charge in [-0.25, -0.2) is 8.42 Å². The van der Waals surface area contributed by atoms with E-state index in [9.17, 15) is 8.42 Å². The van der Waals surface area contributed by atoms with Crippen LogP contribution in [-0.2, 0) is 14.8 Å². The van der Waals surface area contributed by atoms with Gasteiger partial charge in [0, 0.05) is 20.2 Å². The van der Waals surface area contributed by atoms with Crippen LogP contribution in [0.3, 0.4) is 0 Å². The zero-order valence-corrected chi connectivity index (χ0v) is 11.9. The van der Waals surface area contributed by atoms with Crippen molar-refractivity contribution in [3.05, 3.63) is 28.8 Å². The van der Waals surface area contributed by atoms with E-state index in [1.807, 2.05) is 6.07 Å². The SMILES string of the molecule is COC1CCN(S(=O)(=O)c2ccc(C#N)cc2Cl)C1. The standard InChI is InChI=1S/C12H13ClN2O3S/c1-18-10-4-5-15(8-10)19(16,17)12-3-2-9(7-14)6-11(12)13/h2-3,6,10H,4-5,8H2,1H3. The van der Waals surface area contributed by atoms with E-state index in [1.165, 1.54) is 22.5 Å². The fourth-order valence-electron chi connectivity index (χ4n) is 2.03. The molecule has 1 aliphatic rings. The number of ether oxygens (including phenoxy) is 1. The number of sulfonamides is 1. The van der Waals surface area contributed by atoms with Gasteiger partial charge in [0.05, 0.1) is 22.8 Å². The smallest absolute Gasteiger partial charge is 0.244 e. The molecular formula is C12H13ClN2O3S. The Morgan fingerprint density at radius 2 is 2.26 bits per heavy atom. The number of halogens is 1. The minimum atomic E-state index is -3.63. The van der Waals surface area contributed by atoms with E-state index in [0.717, 1.165) is 0 Å². The topological polar surface area (TPSA) is 70.4 Å². The van der Waals surface area contributed by atoms with Crippen molar-refractivity contribution in [2.75, 3.05) is 20.2 Å². The molecule has 0 aliphatic carbocycles. The van der Waals surface area contributed by atoms with Crippen LogP contribution in [0.4, 0.5) is 0 Å². The third-order valence-electron chi connectivity index (χ3n) is 3.12. The monoisotopic (exact) mass is 300 g/mol. The van der Waals surface area contributed by atoms with Gasteiger partial charge in [0.2, 0.25) is 10.0 Å². The first kappa shape index (κ1) is 14.3. The van der Waals surface area contributed by atoms with Gasteiger partial charge in [-0.1, -0.05) is 11.6 Å². The number of rotatable bonds is 3. The molecule has 7 heteroatoms. The molecule has 1 aromatic carbocycles. The zero-order chi connectivity index (χ0) is 14.0. The predicted molar refractivity (Wildman–Crippen MR) is 70.3 cm³/mol. The molecule has 1 aliphatic heterocycles. The molecule has 0 N–H and O–H groups in total. The molecule has 1 aromatic rings. The minimum absolute atomic E-state index is 0.0323. The minimum Gasteiger partial charge on any atom is -0.380 e. The van der Waals surface area contributed by atoms with E-state index in [0.29, 0.717) is 25.1 Å².